The molecule has 0 aliphatic rings. The molecule has 1 unspecified atom stereocenters. The number of benzene rings is 1. The van der Waals surface area contributed by atoms with Crippen LogP contribution in [0.3, 0.4) is 0 Å². The van der Waals surface area contributed by atoms with Crippen molar-refractivity contribution in [2.24, 2.45) is 0 Å². The van der Waals surface area contributed by atoms with Crippen LogP contribution in [0.2, 0.25) is 0 Å². The molecule has 0 N–H and O–H groups in total. The number of aryl methyl sites for hydroxylation is 1. The van der Waals surface area contributed by atoms with Crippen molar-refractivity contribution < 1.29 is 4.74 Å². The SMILES string of the molecule is CC.Cc1ccc(OCCP)cc1. The largest absolute Gasteiger partial charge is 0.493 e. The van der Waals surface area contributed by atoms with Crippen molar-refractivity contribution in [1.29, 1.82) is 0 Å². The van der Waals surface area contributed by atoms with Crippen LogP contribution in [0.1, 0.15) is 19.4 Å². The molecule has 74 valence electrons. The minimum Gasteiger partial charge on any atom is -0.493 e. The van der Waals surface area contributed by atoms with Crippen LogP contribution in [0, 0.1) is 6.92 Å². The minimum atomic E-state index is 0.772. The Balaban J connectivity index is 0.000000671. The Labute approximate surface area is 83.7 Å². The number of hydrogen-bond acceptors (Lipinski definition) is 1. The molecule has 1 rings (SSSR count). The lowest BCUT2D eigenvalue weighted by atomic mass is 10.2. The third-order valence-corrected chi connectivity index (χ3v) is 1.64. The molecule has 0 fully saturated rings. The third-order valence-electron chi connectivity index (χ3n) is 1.41. The van der Waals surface area contributed by atoms with Gasteiger partial charge in [-0.1, -0.05) is 31.5 Å². The van der Waals surface area contributed by atoms with Crippen molar-refractivity contribution in [3.8, 4) is 5.75 Å². The zero-order valence-corrected chi connectivity index (χ0v) is 9.86. The lowest BCUT2D eigenvalue weighted by molar-refractivity contribution is 0.344. The quantitative estimate of drug-likeness (QED) is 0.677. The van der Waals surface area contributed by atoms with Crippen LogP contribution in [0.4, 0.5) is 0 Å². The molecule has 1 nitrogen and oxygen atoms in total. The van der Waals surface area contributed by atoms with Crippen LogP contribution in [-0.4, -0.2) is 12.8 Å². The summed E-state index contributed by atoms with van der Waals surface area (Å²) in [5, 5.41) is 0. The van der Waals surface area contributed by atoms with E-state index in [0.29, 0.717) is 0 Å². The molecule has 0 aromatic heterocycles. The summed E-state index contributed by atoms with van der Waals surface area (Å²) in [6.07, 6.45) is 0.980. The van der Waals surface area contributed by atoms with Gasteiger partial charge in [0.15, 0.2) is 0 Å². The van der Waals surface area contributed by atoms with E-state index >= 15 is 0 Å². The van der Waals surface area contributed by atoms with Crippen molar-refractivity contribution >= 4 is 9.24 Å². The predicted molar refractivity (Wildman–Crippen MR) is 62.6 cm³/mol. The van der Waals surface area contributed by atoms with E-state index in [4.69, 9.17) is 4.74 Å². The molecule has 0 aliphatic carbocycles. The van der Waals surface area contributed by atoms with E-state index in [0.717, 1.165) is 18.5 Å². The standard InChI is InChI=1S/C9H13OP.C2H6/c1-8-2-4-9(5-3-8)10-6-7-11;1-2/h2-5H,6-7,11H2,1H3;1-2H3. The monoisotopic (exact) mass is 198 g/mol. The first kappa shape index (κ1) is 12.4. The normalized spacial score (nSPS) is 8.62. The van der Waals surface area contributed by atoms with Crippen LogP contribution >= 0.6 is 9.24 Å². The molecule has 2 heteroatoms. The van der Waals surface area contributed by atoms with Crippen molar-refractivity contribution in [2.75, 3.05) is 12.8 Å². The molecule has 0 bridgehead atoms. The van der Waals surface area contributed by atoms with Crippen molar-refractivity contribution in [3.63, 3.8) is 0 Å². The summed E-state index contributed by atoms with van der Waals surface area (Å²) in [4.78, 5) is 0. The summed E-state index contributed by atoms with van der Waals surface area (Å²) < 4.78 is 5.39. The number of hydrogen-bond donors (Lipinski definition) is 0. The summed E-state index contributed by atoms with van der Waals surface area (Å²) in [5.41, 5.74) is 1.27. The van der Waals surface area contributed by atoms with E-state index in [1.165, 1.54) is 5.56 Å². The molecule has 0 radical (unpaired) electrons. The Hall–Kier alpha value is -0.550. The first-order chi connectivity index (χ1) is 6.33. The van der Waals surface area contributed by atoms with Gasteiger partial charge in [0.2, 0.25) is 0 Å². The van der Waals surface area contributed by atoms with Crippen LogP contribution < -0.4 is 4.74 Å². The van der Waals surface area contributed by atoms with Crippen LogP contribution in [0.5, 0.6) is 5.75 Å². The molecule has 0 saturated heterocycles. The average Bonchev–Trinajstić information content (AvgIpc) is 2.20. The number of rotatable bonds is 3. The van der Waals surface area contributed by atoms with E-state index < -0.39 is 0 Å². The Morgan fingerprint density at radius 1 is 1.15 bits per heavy atom. The Morgan fingerprint density at radius 3 is 2.15 bits per heavy atom. The highest BCUT2D eigenvalue weighted by Gasteiger charge is 1.89. The van der Waals surface area contributed by atoms with Crippen LogP contribution in [0.25, 0.3) is 0 Å². The molecule has 0 aliphatic heterocycles. The summed E-state index contributed by atoms with van der Waals surface area (Å²) >= 11 is 0. The first-order valence-corrected chi connectivity index (χ1v) is 5.54. The fourth-order valence-electron chi connectivity index (χ4n) is 0.811. The molecule has 1 atom stereocenters. The van der Waals surface area contributed by atoms with E-state index in [2.05, 4.69) is 28.3 Å². The first-order valence-electron chi connectivity index (χ1n) is 4.72. The maximum atomic E-state index is 5.39. The maximum Gasteiger partial charge on any atom is 0.119 e. The van der Waals surface area contributed by atoms with Crippen LogP contribution in [0.15, 0.2) is 24.3 Å². The summed E-state index contributed by atoms with van der Waals surface area (Å²) in [5.74, 6) is 0.957. The molecular weight excluding hydrogens is 179 g/mol. The highest BCUT2D eigenvalue weighted by Crippen LogP contribution is 2.10. The zero-order chi connectivity index (χ0) is 10.1. The third kappa shape index (κ3) is 5.65. The van der Waals surface area contributed by atoms with Crippen molar-refractivity contribution in [1.82, 2.24) is 0 Å². The smallest absolute Gasteiger partial charge is 0.119 e. The van der Waals surface area contributed by atoms with Gasteiger partial charge in [-0.2, -0.15) is 0 Å². The predicted octanol–water partition coefficient (Wildman–Crippen LogP) is 3.28. The second kappa shape index (κ2) is 8.07. The van der Waals surface area contributed by atoms with Gasteiger partial charge in [-0.25, -0.2) is 0 Å². The Morgan fingerprint density at radius 2 is 1.69 bits per heavy atom. The van der Waals surface area contributed by atoms with Gasteiger partial charge in [0.1, 0.15) is 5.75 Å². The van der Waals surface area contributed by atoms with E-state index in [1.54, 1.807) is 0 Å². The molecule has 1 aromatic carbocycles. The van der Waals surface area contributed by atoms with Gasteiger partial charge in [-0.15, -0.1) is 9.24 Å². The van der Waals surface area contributed by atoms with E-state index in [1.807, 2.05) is 26.0 Å². The van der Waals surface area contributed by atoms with Gasteiger partial charge in [0, 0.05) is 0 Å². The zero-order valence-electron chi connectivity index (χ0n) is 8.71. The van der Waals surface area contributed by atoms with Gasteiger partial charge in [-0.3, -0.25) is 0 Å². The van der Waals surface area contributed by atoms with Gasteiger partial charge < -0.3 is 4.74 Å². The molecule has 0 heterocycles. The van der Waals surface area contributed by atoms with Gasteiger partial charge in [0.25, 0.3) is 0 Å². The lowest BCUT2D eigenvalue weighted by Crippen LogP contribution is -1.96. The highest BCUT2D eigenvalue weighted by atomic mass is 31.0. The van der Waals surface area contributed by atoms with Gasteiger partial charge in [-0.05, 0) is 25.2 Å². The summed E-state index contributed by atoms with van der Waals surface area (Å²) in [6.45, 7) is 6.84. The number of ether oxygens (including phenoxy) is 1. The van der Waals surface area contributed by atoms with E-state index in [-0.39, 0.29) is 0 Å². The fourth-order valence-corrected chi connectivity index (χ4v) is 0.929. The second-order valence-electron chi connectivity index (χ2n) is 2.45. The molecule has 13 heavy (non-hydrogen) atoms. The maximum absolute atomic E-state index is 5.39. The van der Waals surface area contributed by atoms with Gasteiger partial charge >= 0.3 is 0 Å². The topological polar surface area (TPSA) is 9.23 Å². The van der Waals surface area contributed by atoms with Crippen LogP contribution in [-0.2, 0) is 0 Å². The van der Waals surface area contributed by atoms with Crippen molar-refractivity contribution in [3.05, 3.63) is 29.8 Å². The lowest BCUT2D eigenvalue weighted by Gasteiger charge is -2.03. The minimum absolute atomic E-state index is 0.772. The average molecular weight is 198 g/mol. The molecule has 0 saturated carbocycles. The molecule has 0 spiro atoms. The molecular formula is C11H19OP. The van der Waals surface area contributed by atoms with Crippen molar-refractivity contribution in [2.45, 2.75) is 20.8 Å². The second-order valence-corrected chi connectivity index (χ2v) is 3.03. The summed E-state index contributed by atoms with van der Waals surface area (Å²) in [6, 6.07) is 8.10. The highest BCUT2D eigenvalue weighted by molar-refractivity contribution is 7.16. The van der Waals surface area contributed by atoms with Gasteiger partial charge in [0.05, 0.1) is 6.61 Å². The Kier molecular flexibility index (Phi) is 7.73. The van der Waals surface area contributed by atoms with E-state index in [9.17, 15) is 0 Å². The summed E-state index contributed by atoms with van der Waals surface area (Å²) in [7, 11) is 2.63. The molecule has 1 aromatic rings. The Bertz CT molecular complexity index is 206. The molecule has 0 amide bonds. The fraction of sp³-hybridized carbons (Fsp3) is 0.455.